The molecular formula is C28H45N3O13. The van der Waals surface area contributed by atoms with Crippen molar-refractivity contribution in [3.63, 3.8) is 0 Å². The van der Waals surface area contributed by atoms with E-state index in [9.17, 15) is 50.4 Å². The summed E-state index contributed by atoms with van der Waals surface area (Å²) in [6.07, 6.45) is -15.6. The number of aliphatic hydroxyl groups excluding tert-OH is 8. The van der Waals surface area contributed by atoms with E-state index < -0.39 is 80.0 Å². The third-order valence-electron chi connectivity index (χ3n) is 7.30. The van der Waals surface area contributed by atoms with E-state index in [0.29, 0.717) is 37.4 Å². The van der Waals surface area contributed by atoms with Crippen LogP contribution in [0.3, 0.4) is 0 Å². The summed E-state index contributed by atoms with van der Waals surface area (Å²) in [7, 11) is 0. The number of nitrogens with zero attached hydrogens (tertiary/aromatic N) is 2. The standard InChI is InChI=1S/C28H45N3O13/c1-28(2,3)44-27(41)31-10-8-30(9-11-31)25(40)15-4-6-16(7-5-15)29-12-17(34)20(36)24(18(35)13-32)43-26-23(39)22(38)21(37)19(14-33)42-26/h4-7,17-24,26,29,32-39H,8-14H2,1-3H3. The largest absolute Gasteiger partial charge is 0.444 e. The molecule has 9 atom stereocenters. The number of amides is 2. The van der Waals surface area contributed by atoms with Gasteiger partial charge in [-0.05, 0) is 45.0 Å². The smallest absolute Gasteiger partial charge is 0.410 e. The van der Waals surface area contributed by atoms with Crippen molar-refractivity contribution in [1.82, 2.24) is 9.80 Å². The zero-order valence-corrected chi connectivity index (χ0v) is 25.0. The van der Waals surface area contributed by atoms with Crippen LogP contribution in [-0.4, -0.2) is 169 Å². The number of rotatable bonds is 11. The van der Waals surface area contributed by atoms with E-state index in [-0.39, 0.29) is 12.5 Å². The molecule has 0 spiro atoms. The fraction of sp³-hybridized carbons (Fsp3) is 0.714. The Hall–Kier alpha value is -2.64. The number of benzene rings is 1. The minimum absolute atomic E-state index is 0.220. The van der Waals surface area contributed by atoms with Crippen molar-refractivity contribution < 1.29 is 64.7 Å². The maximum absolute atomic E-state index is 13.0. The van der Waals surface area contributed by atoms with Gasteiger partial charge in [0, 0.05) is 44.0 Å². The maximum Gasteiger partial charge on any atom is 0.410 e. The summed E-state index contributed by atoms with van der Waals surface area (Å²) in [5.74, 6) is -0.220. The minimum atomic E-state index is -1.84. The highest BCUT2D eigenvalue weighted by Gasteiger charge is 2.46. The second kappa shape index (κ2) is 15.6. The van der Waals surface area contributed by atoms with Gasteiger partial charge in [0.25, 0.3) is 5.91 Å². The number of nitrogens with one attached hydrogen (secondary N) is 1. The van der Waals surface area contributed by atoms with Crippen LogP contribution in [0, 0.1) is 0 Å². The molecule has 16 nitrogen and oxygen atoms in total. The van der Waals surface area contributed by atoms with Gasteiger partial charge in [-0.3, -0.25) is 4.79 Å². The molecule has 3 rings (SSSR count). The highest BCUT2D eigenvalue weighted by molar-refractivity contribution is 5.94. The predicted octanol–water partition coefficient (Wildman–Crippen LogP) is -2.95. The molecule has 16 heteroatoms. The van der Waals surface area contributed by atoms with Gasteiger partial charge in [-0.15, -0.1) is 0 Å². The van der Waals surface area contributed by atoms with E-state index in [1.54, 1.807) is 54.8 Å². The van der Waals surface area contributed by atoms with Crippen molar-refractivity contribution in [1.29, 1.82) is 0 Å². The van der Waals surface area contributed by atoms with Gasteiger partial charge in [0.2, 0.25) is 0 Å². The number of anilines is 1. The highest BCUT2D eigenvalue weighted by Crippen LogP contribution is 2.25. The Morgan fingerprint density at radius 3 is 2.07 bits per heavy atom. The summed E-state index contributed by atoms with van der Waals surface area (Å²) >= 11 is 0. The molecule has 0 bridgehead atoms. The van der Waals surface area contributed by atoms with Crippen molar-refractivity contribution in [3.05, 3.63) is 29.8 Å². The lowest BCUT2D eigenvalue weighted by Gasteiger charge is -2.42. The molecule has 9 N–H and O–H groups in total. The molecule has 2 fully saturated rings. The molecule has 2 saturated heterocycles. The second-order valence-corrected chi connectivity index (χ2v) is 11.8. The Labute approximate surface area is 255 Å². The molecule has 1 aromatic carbocycles. The third-order valence-corrected chi connectivity index (χ3v) is 7.30. The molecule has 2 aliphatic rings. The van der Waals surface area contributed by atoms with Gasteiger partial charge in [0.15, 0.2) is 6.29 Å². The maximum atomic E-state index is 13.0. The van der Waals surface area contributed by atoms with Crippen molar-refractivity contribution >= 4 is 17.7 Å². The highest BCUT2D eigenvalue weighted by atomic mass is 16.7. The molecule has 44 heavy (non-hydrogen) atoms. The first-order valence-electron chi connectivity index (χ1n) is 14.4. The molecule has 2 aliphatic heterocycles. The van der Waals surface area contributed by atoms with Gasteiger partial charge in [-0.1, -0.05) is 0 Å². The molecule has 1 aromatic rings. The Morgan fingerprint density at radius 1 is 0.932 bits per heavy atom. The fourth-order valence-electron chi connectivity index (χ4n) is 4.73. The van der Waals surface area contributed by atoms with Crippen LogP contribution < -0.4 is 5.32 Å². The van der Waals surface area contributed by atoms with E-state index in [4.69, 9.17) is 14.2 Å². The average molecular weight is 632 g/mol. The SMILES string of the molecule is CC(C)(C)OC(=O)N1CCN(C(=O)c2ccc(NCC(O)C(O)C(OC3OC(CO)C(O)C(O)C3O)C(O)CO)cc2)CC1. The molecular weight excluding hydrogens is 586 g/mol. The first-order valence-corrected chi connectivity index (χ1v) is 14.4. The summed E-state index contributed by atoms with van der Waals surface area (Å²) in [6, 6.07) is 6.34. The van der Waals surface area contributed by atoms with Gasteiger partial charge in [0.05, 0.1) is 19.3 Å². The number of ether oxygens (including phenoxy) is 3. The summed E-state index contributed by atoms with van der Waals surface area (Å²) < 4.78 is 16.0. The van der Waals surface area contributed by atoms with Gasteiger partial charge < -0.3 is 70.2 Å². The van der Waals surface area contributed by atoms with Crippen LogP contribution in [0.2, 0.25) is 0 Å². The third kappa shape index (κ3) is 9.20. The molecule has 250 valence electrons. The Balaban J connectivity index is 1.54. The number of hydrogen-bond acceptors (Lipinski definition) is 14. The lowest BCUT2D eigenvalue weighted by Crippen LogP contribution is -2.61. The van der Waals surface area contributed by atoms with E-state index in [1.165, 1.54) is 0 Å². The van der Waals surface area contributed by atoms with Crippen LogP contribution in [0.5, 0.6) is 0 Å². The van der Waals surface area contributed by atoms with Crippen LogP contribution in [-0.2, 0) is 14.2 Å². The minimum Gasteiger partial charge on any atom is -0.444 e. The van der Waals surface area contributed by atoms with E-state index in [0.717, 1.165) is 0 Å². The number of carbonyl (C=O) groups is 2. The average Bonchev–Trinajstić information content (AvgIpc) is 3.00. The van der Waals surface area contributed by atoms with Crippen LogP contribution in [0.1, 0.15) is 31.1 Å². The van der Waals surface area contributed by atoms with Crippen LogP contribution >= 0.6 is 0 Å². The summed E-state index contributed by atoms with van der Waals surface area (Å²) in [6.45, 7) is 4.81. The first-order chi connectivity index (χ1) is 20.7. The molecule has 0 radical (unpaired) electrons. The molecule has 0 aliphatic carbocycles. The monoisotopic (exact) mass is 631 g/mol. The lowest BCUT2D eigenvalue weighted by molar-refractivity contribution is -0.326. The number of piperazine rings is 1. The summed E-state index contributed by atoms with van der Waals surface area (Å²) in [5, 5.41) is 83.4. The molecule has 9 unspecified atom stereocenters. The molecule has 0 aromatic heterocycles. The zero-order chi connectivity index (χ0) is 32.8. The quantitative estimate of drug-likeness (QED) is 0.119. The van der Waals surface area contributed by atoms with Crippen molar-refractivity contribution in [2.75, 3.05) is 51.3 Å². The number of carbonyl (C=O) groups excluding carboxylic acids is 2. The summed E-state index contributed by atoms with van der Waals surface area (Å²) in [5.41, 5.74) is 0.274. The first kappa shape index (κ1) is 35.8. The normalized spacial score (nSPS) is 27.3. The van der Waals surface area contributed by atoms with E-state index >= 15 is 0 Å². The van der Waals surface area contributed by atoms with E-state index in [2.05, 4.69) is 5.32 Å². The topological polar surface area (TPSA) is 242 Å². The van der Waals surface area contributed by atoms with Crippen molar-refractivity contribution in [2.45, 2.75) is 81.5 Å². The lowest BCUT2D eigenvalue weighted by atomic mass is 9.98. The second-order valence-electron chi connectivity index (χ2n) is 11.8. The molecule has 0 saturated carbocycles. The summed E-state index contributed by atoms with van der Waals surface area (Å²) in [4.78, 5) is 28.4. The van der Waals surface area contributed by atoms with Crippen LogP contribution in [0.25, 0.3) is 0 Å². The number of aliphatic hydroxyl groups is 8. The molecule has 2 amide bonds. The van der Waals surface area contributed by atoms with Crippen molar-refractivity contribution in [2.24, 2.45) is 0 Å². The predicted molar refractivity (Wildman–Crippen MR) is 152 cm³/mol. The molecule has 2 heterocycles. The van der Waals surface area contributed by atoms with Gasteiger partial charge in [0.1, 0.15) is 48.3 Å². The Bertz CT molecular complexity index is 1060. The fourth-order valence-corrected chi connectivity index (χ4v) is 4.73. The van der Waals surface area contributed by atoms with Gasteiger partial charge in [-0.25, -0.2) is 4.79 Å². The number of hydrogen-bond donors (Lipinski definition) is 9. The van der Waals surface area contributed by atoms with Crippen molar-refractivity contribution in [3.8, 4) is 0 Å². The van der Waals surface area contributed by atoms with Crippen LogP contribution in [0.4, 0.5) is 10.5 Å². The van der Waals surface area contributed by atoms with Gasteiger partial charge >= 0.3 is 6.09 Å². The van der Waals surface area contributed by atoms with E-state index in [1.807, 2.05) is 0 Å². The van der Waals surface area contributed by atoms with Gasteiger partial charge in [-0.2, -0.15) is 0 Å². The van der Waals surface area contributed by atoms with Crippen LogP contribution in [0.15, 0.2) is 24.3 Å². The Kier molecular flexibility index (Phi) is 12.7. The Morgan fingerprint density at radius 2 is 1.52 bits per heavy atom. The zero-order valence-electron chi connectivity index (χ0n) is 25.0.